The van der Waals surface area contributed by atoms with Crippen molar-refractivity contribution in [2.45, 2.75) is 29.5 Å². The van der Waals surface area contributed by atoms with Gasteiger partial charge in [0.05, 0.1) is 0 Å². The highest BCUT2D eigenvalue weighted by Crippen LogP contribution is 2.37. The van der Waals surface area contributed by atoms with Gasteiger partial charge in [-0.1, -0.05) is 30.3 Å². The lowest BCUT2D eigenvalue weighted by Gasteiger charge is -2.22. The molecule has 3 nitrogen and oxygen atoms in total. The van der Waals surface area contributed by atoms with Gasteiger partial charge in [0.1, 0.15) is 16.9 Å². The summed E-state index contributed by atoms with van der Waals surface area (Å²) in [5.41, 5.74) is 6.03. The Balaban J connectivity index is 0.00000312. The molecule has 0 aromatic heterocycles. The third-order valence-corrected chi connectivity index (χ3v) is 4.49. The first-order valence-corrected chi connectivity index (χ1v) is 8.37. The molecule has 0 radical (unpaired) electrons. The zero-order chi connectivity index (χ0) is 17.7. The smallest absolute Gasteiger partial charge is 0.238 e. The molecule has 2 rings (SSSR count). The van der Waals surface area contributed by atoms with Crippen LogP contribution in [0.25, 0.3) is 0 Å². The van der Waals surface area contributed by atoms with Gasteiger partial charge in [-0.05, 0) is 37.6 Å². The first kappa shape index (κ1) is 21.4. The summed E-state index contributed by atoms with van der Waals surface area (Å²) < 4.78 is 27.4. The number of rotatable bonds is 6. The van der Waals surface area contributed by atoms with E-state index >= 15 is 0 Å². The summed E-state index contributed by atoms with van der Waals surface area (Å²) in [5, 5.41) is 2.07. The van der Waals surface area contributed by atoms with Gasteiger partial charge in [0, 0.05) is 17.0 Å². The summed E-state index contributed by atoms with van der Waals surface area (Å²) >= 11 is 0.973. The van der Waals surface area contributed by atoms with Gasteiger partial charge in [0.2, 0.25) is 5.91 Å². The van der Waals surface area contributed by atoms with Gasteiger partial charge < -0.3 is 11.1 Å². The molecule has 0 bridgehead atoms. The van der Waals surface area contributed by atoms with E-state index in [1.807, 2.05) is 6.07 Å². The minimum atomic E-state index is -0.704. The molecule has 1 unspecified atom stereocenters. The number of amides is 1. The molecule has 2 aromatic carbocycles. The average Bonchev–Trinajstić information content (AvgIpc) is 2.53. The standard InChI is InChI=1S/C18H20F2N2OS.ClH/c1-18(2,21)11-22-17(23)16(12-6-4-3-5-7-12)24-15-10-13(19)8-9-14(15)20;/h3-10,16H,11,21H2,1-2H3,(H,22,23);1H. The zero-order valence-electron chi connectivity index (χ0n) is 14.0. The second kappa shape index (κ2) is 9.17. The van der Waals surface area contributed by atoms with E-state index in [1.54, 1.807) is 38.1 Å². The van der Waals surface area contributed by atoms with Crippen molar-refractivity contribution in [3.63, 3.8) is 0 Å². The zero-order valence-corrected chi connectivity index (χ0v) is 15.6. The van der Waals surface area contributed by atoms with Crippen molar-refractivity contribution in [3.05, 3.63) is 65.7 Å². The highest BCUT2D eigenvalue weighted by Gasteiger charge is 2.25. The highest BCUT2D eigenvalue weighted by atomic mass is 35.5. The van der Waals surface area contributed by atoms with Crippen LogP contribution in [0.2, 0.25) is 0 Å². The number of halogens is 3. The van der Waals surface area contributed by atoms with Crippen molar-refractivity contribution in [2.24, 2.45) is 5.73 Å². The minimum absolute atomic E-state index is 0. The number of nitrogens with two attached hydrogens (primary N) is 1. The predicted molar refractivity (Wildman–Crippen MR) is 99.9 cm³/mol. The molecule has 25 heavy (non-hydrogen) atoms. The maximum absolute atomic E-state index is 13.9. The van der Waals surface area contributed by atoms with Crippen molar-refractivity contribution in [1.82, 2.24) is 5.32 Å². The molecule has 136 valence electrons. The van der Waals surface area contributed by atoms with Crippen LogP contribution in [-0.2, 0) is 4.79 Å². The summed E-state index contributed by atoms with van der Waals surface area (Å²) in [5.74, 6) is -1.41. The number of thioether (sulfide) groups is 1. The van der Waals surface area contributed by atoms with Crippen molar-refractivity contribution in [2.75, 3.05) is 6.54 Å². The largest absolute Gasteiger partial charge is 0.353 e. The van der Waals surface area contributed by atoms with E-state index in [9.17, 15) is 13.6 Å². The van der Waals surface area contributed by atoms with Crippen molar-refractivity contribution in [3.8, 4) is 0 Å². The lowest BCUT2D eigenvalue weighted by atomic mass is 10.1. The first-order valence-electron chi connectivity index (χ1n) is 7.49. The molecular formula is C18H21ClF2N2OS. The van der Waals surface area contributed by atoms with Crippen LogP contribution < -0.4 is 11.1 Å². The fourth-order valence-electron chi connectivity index (χ4n) is 2.00. The third-order valence-electron chi connectivity index (χ3n) is 3.20. The van der Waals surface area contributed by atoms with Crippen LogP contribution in [0.1, 0.15) is 24.7 Å². The Hall–Kier alpha value is -1.63. The molecule has 0 spiro atoms. The molecule has 0 aliphatic carbocycles. The van der Waals surface area contributed by atoms with Crippen LogP contribution >= 0.6 is 24.2 Å². The molecule has 0 aliphatic rings. The van der Waals surface area contributed by atoms with Gasteiger partial charge in [-0.15, -0.1) is 24.2 Å². The monoisotopic (exact) mass is 386 g/mol. The van der Waals surface area contributed by atoms with Gasteiger partial charge >= 0.3 is 0 Å². The van der Waals surface area contributed by atoms with E-state index in [1.165, 1.54) is 0 Å². The number of hydrogen-bond acceptors (Lipinski definition) is 3. The second-order valence-electron chi connectivity index (χ2n) is 6.19. The lowest BCUT2D eigenvalue weighted by molar-refractivity contribution is -0.120. The third kappa shape index (κ3) is 6.65. The summed E-state index contributed by atoms with van der Waals surface area (Å²) in [4.78, 5) is 12.7. The molecule has 0 heterocycles. The average molecular weight is 387 g/mol. The molecule has 3 N–H and O–H groups in total. The van der Waals surface area contributed by atoms with Crippen LogP contribution in [0.3, 0.4) is 0 Å². The molecule has 1 atom stereocenters. The number of nitrogens with one attached hydrogen (secondary N) is 1. The quantitative estimate of drug-likeness (QED) is 0.736. The van der Waals surface area contributed by atoms with Crippen LogP contribution in [0.5, 0.6) is 0 Å². The minimum Gasteiger partial charge on any atom is -0.353 e. The Bertz CT molecular complexity index is 708. The van der Waals surface area contributed by atoms with E-state index in [0.29, 0.717) is 5.56 Å². The highest BCUT2D eigenvalue weighted by molar-refractivity contribution is 8.00. The van der Waals surface area contributed by atoms with Gasteiger partial charge in [-0.3, -0.25) is 4.79 Å². The normalized spacial score (nSPS) is 12.2. The van der Waals surface area contributed by atoms with Crippen LogP contribution in [0.15, 0.2) is 53.4 Å². The number of carbonyl (C=O) groups excluding carboxylic acids is 1. The van der Waals surface area contributed by atoms with E-state index < -0.39 is 22.4 Å². The Morgan fingerprint density at radius 3 is 2.44 bits per heavy atom. The number of hydrogen-bond donors (Lipinski definition) is 2. The van der Waals surface area contributed by atoms with Crippen LogP contribution in [0.4, 0.5) is 8.78 Å². The maximum atomic E-state index is 13.9. The lowest BCUT2D eigenvalue weighted by Crippen LogP contribution is -2.46. The van der Waals surface area contributed by atoms with Crippen LogP contribution in [-0.4, -0.2) is 18.0 Å². The summed E-state index contributed by atoms with van der Waals surface area (Å²) in [6, 6.07) is 12.2. The van der Waals surface area contributed by atoms with E-state index in [-0.39, 0.29) is 29.8 Å². The molecule has 1 amide bonds. The molecule has 7 heteroatoms. The predicted octanol–water partition coefficient (Wildman–Crippen LogP) is 4.07. The van der Waals surface area contributed by atoms with E-state index in [0.717, 1.165) is 30.0 Å². The van der Waals surface area contributed by atoms with Crippen molar-refractivity contribution >= 4 is 30.1 Å². The molecule has 0 saturated carbocycles. The van der Waals surface area contributed by atoms with Gasteiger partial charge in [-0.2, -0.15) is 0 Å². The van der Waals surface area contributed by atoms with Gasteiger partial charge in [-0.25, -0.2) is 8.78 Å². The fourth-order valence-corrected chi connectivity index (χ4v) is 3.10. The number of carbonyl (C=O) groups is 1. The summed E-state index contributed by atoms with van der Waals surface area (Å²) in [6.45, 7) is 3.87. The Kier molecular flexibility index (Phi) is 7.86. The van der Waals surface area contributed by atoms with Gasteiger partial charge in [0.15, 0.2) is 0 Å². The summed E-state index contributed by atoms with van der Waals surface area (Å²) in [7, 11) is 0. The van der Waals surface area contributed by atoms with Gasteiger partial charge in [0.25, 0.3) is 0 Å². The topological polar surface area (TPSA) is 55.1 Å². The molecule has 2 aromatic rings. The van der Waals surface area contributed by atoms with Crippen molar-refractivity contribution in [1.29, 1.82) is 0 Å². The SMILES string of the molecule is CC(C)(N)CNC(=O)C(Sc1cc(F)ccc1F)c1ccccc1.Cl. The van der Waals surface area contributed by atoms with E-state index in [2.05, 4.69) is 5.32 Å². The number of benzene rings is 2. The molecular weight excluding hydrogens is 366 g/mol. The van der Waals surface area contributed by atoms with Crippen LogP contribution in [0, 0.1) is 11.6 Å². The molecule has 0 aliphatic heterocycles. The Labute approximate surface area is 156 Å². The molecule has 0 fully saturated rings. The molecule has 0 saturated heterocycles. The maximum Gasteiger partial charge on any atom is 0.238 e. The van der Waals surface area contributed by atoms with E-state index in [4.69, 9.17) is 5.73 Å². The fraction of sp³-hybridized carbons (Fsp3) is 0.278. The Morgan fingerprint density at radius 1 is 1.20 bits per heavy atom. The first-order chi connectivity index (χ1) is 11.3. The second-order valence-corrected chi connectivity index (χ2v) is 7.34. The summed E-state index contributed by atoms with van der Waals surface area (Å²) in [6.07, 6.45) is 0. The Morgan fingerprint density at radius 2 is 1.84 bits per heavy atom. The van der Waals surface area contributed by atoms with Crippen molar-refractivity contribution < 1.29 is 13.6 Å².